The molecule has 20 heavy (non-hydrogen) atoms. The zero-order valence-corrected chi connectivity index (χ0v) is 12.6. The van der Waals surface area contributed by atoms with Crippen LogP contribution in [0.15, 0.2) is 18.3 Å². The predicted octanol–water partition coefficient (Wildman–Crippen LogP) is 1.42. The van der Waals surface area contributed by atoms with E-state index >= 15 is 0 Å². The number of carbonyl (C=O) groups excluding carboxylic acids is 1. The molecule has 1 amide bonds. The van der Waals surface area contributed by atoms with Gasteiger partial charge in [0.25, 0.3) is 0 Å². The Hall–Kier alpha value is -1.62. The second-order valence-electron chi connectivity index (χ2n) is 5.31. The number of carbonyl (C=O) groups is 1. The van der Waals surface area contributed by atoms with Gasteiger partial charge < -0.3 is 15.1 Å². The van der Waals surface area contributed by atoms with Gasteiger partial charge in [-0.05, 0) is 32.0 Å². The molecule has 1 N–H and O–H groups in total. The fourth-order valence-corrected chi connectivity index (χ4v) is 2.47. The number of nitrogens with one attached hydrogen (secondary N) is 1. The van der Waals surface area contributed by atoms with Gasteiger partial charge in [0.05, 0.1) is 0 Å². The SMILES string of the molecule is CNC(C)c1ccc(N2CCCN(C(C)=O)CC2)nc1. The van der Waals surface area contributed by atoms with Crippen molar-refractivity contribution in [1.29, 1.82) is 0 Å². The maximum atomic E-state index is 11.4. The lowest BCUT2D eigenvalue weighted by atomic mass is 10.1. The number of hydrogen-bond donors (Lipinski definition) is 1. The maximum Gasteiger partial charge on any atom is 0.219 e. The van der Waals surface area contributed by atoms with Crippen LogP contribution in [-0.2, 0) is 4.79 Å². The molecule has 1 atom stereocenters. The molecule has 110 valence electrons. The van der Waals surface area contributed by atoms with Crippen molar-refractivity contribution in [2.45, 2.75) is 26.3 Å². The molecule has 1 aromatic rings. The molecule has 1 aliphatic heterocycles. The Morgan fingerprint density at radius 1 is 1.30 bits per heavy atom. The summed E-state index contributed by atoms with van der Waals surface area (Å²) in [5.41, 5.74) is 1.19. The van der Waals surface area contributed by atoms with Crippen molar-refractivity contribution in [3.05, 3.63) is 23.9 Å². The molecule has 1 aromatic heterocycles. The molecule has 1 fully saturated rings. The molecular formula is C15H24N4O. The average Bonchev–Trinajstić information content (AvgIpc) is 2.72. The van der Waals surface area contributed by atoms with Gasteiger partial charge in [-0.15, -0.1) is 0 Å². The molecule has 1 unspecified atom stereocenters. The summed E-state index contributed by atoms with van der Waals surface area (Å²) in [7, 11) is 1.95. The van der Waals surface area contributed by atoms with Crippen LogP contribution >= 0.6 is 0 Å². The summed E-state index contributed by atoms with van der Waals surface area (Å²) in [4.78, 5) is 20.2. The van der Waals surface area contributed by atoms with Crippen molar-refractivity contribution < 1.29 is 4.79 Å². The lowest BCUT2D eigenvalue weighted by molar-refractivity contribution is -0.128. The predicted molar refractivity (Wildman–Crippen MR) is 80.8 cm³/mol. The van der Waals surface area contributed by atoms with E-state index in [0.717, 1.165) is 38.4 Å². The molecule has 5 nitrogen and oxygen atoms in total. The van der Waals surface area contributed by atoms with Crippen molar-refractivity contribution in [1.82, 2.24) is 15.2 Å². The Kier molecular flexibility index (Phi) is 4.95. The van der Waals surface area contributed by atoms with Crippen LogP contribution in [0.1, 0.15) is 31.9 Å². The standard InChI is InChI=1S/C15H24N4O/c1-12(16-3)14-5-6-15(17-11-14)19-8-4-7-18(9-10-19)13(2)20/h5-6,11-12,16H,4,7-10H2,1-3H3. The summed E-state index contributed by atoms with van der Waals surface area (Å²) < 4.78 is 0. The van der Waals surface area contributed by atoms with Crippen molar-refractivity contribution in [2.24, 2.45) is 0 Å². The Labute approximate surface area is 121 Å². The van der Waals surface area contributed by atoms with Gasteiger partial charge in [-0.25, -0.2) is 4.98 Å². The number of hydrogen-bond acceptors (Lipinski definition) is 4. The quantitative estimate of drug-likeness (QED) is 0.907. The number of pyridine rings is 1. The lowest BCUT2D eigenvalue weighted by Crippen LogP contribution is -2.33. The minimum atomic E-state index is 0.165. The molecule has 1 aliphatic rings. The highest BCUT2D eigenvalue weighted by atomic mass is 16.2. The third kappa shape index (κ3) is 3.48. The van der Waals surface area contributed by atoms with Gasteiger partial charge in [-0.2, -0.15) is 0 Å². The zero-order chi connectivity index (χ0) is 14.5. The topological polar surface area (TPSA) is 48.5 Å². The smallest absolute Gasteiger partial charge is 0.219 e. The highest BCUT2D eigenvalue weighted by Crippen LogP contribution is 2.17. The van der Waals surface area contributed by atoms with Crippen LogP contribution in [0.5, 0.6) is 0 Å². The molecule has 0 spiro atoms. The normalized spacial score (nSPS) is 17.8. The van der Waals surface area contributed by atoms with Gasteiger partial charge in [-0.1, -0.05) is 6.07 Å². The third-order valence-corrected chi connectivity index (χ3v) is 3.97. The Morgan fingerprint density at radius 2 is 2.10 bits per heavy atom. The minimum absolute atomic E-state index is 0.165. The molecule has 2 rings (SSSR count). The largest absolute Gasteiger partial charge is 0.355 e. The molecule has 0 bridgehead atoms. The number of aromatic nitrogens is 1. The van der Waals surface area contributed by atoms with Crippen molar-refractivity contribution >= 4 is 11.7 Å². The van der Waals surface area contributed by atoms with Crippen LogP contribution in [-0.4, -0.2) is 49.0 Å². The summed E-state index contributed by atoms with van der Waals surface area (Å²) in [5, 5.41) is 3.21. The first kappa shape index (κ1) is 14.8. The van der Waals surface area contributed by atoms with Crippen molar-refractivity contribution in [2.75, 3.05) is 38.1 Å². The molecule has 5 heteroatoms. The van der Waals surface area contributed by atoms with Gasteiger partial charge in [0.1, 0.15) is 5.82 Å². The molecular weight excluding hydrogens is 252 g/mol. The van der Waals surface area contributed by atoms with Crippen LogP contribution in [0.4, 0.5) is 5.82 Å². The monoisotopic (exact) mass is 276 g/mol. The molecule has 1 saturated heterocycles. The second-order valence-corrected chi connectivity index (χ2v) is 5.31. The second kappa shape index (κ2) is 6.70. The third-order valence-electron chi connectivity index (χ3n) is 3.97. The molecule has 0 aromatic carbocycles. The van der Waals surface area contributed by atoms with Crippen LogP contribution in [0.3, 0.4) is 0 Å². The Bertz CT molecular complexity index is 446. The zero-order valence-electron chi connectivity index (χ0n) is 12.6. The van der Waals surface area contributed by atoms with Crippen LogP contribution in [0, 0.1) is 0 Å². The molecule has 0 radical (unpaired) electrons. The fraction of sp³-hybridized carbons (Fsp3) is 0.600. The van der Waals surface area contributed by atoms with E-state index in [-0.39, 0.29) is 5.91 Å². The lowest BCUT2D eigenvalue weighted by Gasteiger charge is -2.22. The Balaban J connectivity index is 2.02. The van der Waals surface area contributed by atoms with E-state index < -0.39 is 0 Å². The van der Waals surface area contributed by atoms with E-state index in [1.807, 2.05) is 18.1 Å². The van der Waals surface area contributed by atoms with E-state index in [4.69, 9.17) is 0 Å². The Morgan fingerprint density at radius 3 is 2.70 bits per heavy atom. The van der Waals surface area contributed by atoms with Gasteiger partial charge in [0, 0.05) is 45.3 Å². The highest BCUT2D eigenvalue weighted by molar-refractivity contribution is 5.73. The molecule has 0 saturated carbocycles. The first-order valence-corrected chi connectivity index (χ1v) is 7.25. The number of anilines is 1. The van der Waals surface area contributed by atoms with Crippen LogP contribution < -0.4 is 10.2 Å². The van der Waals surface area contributed by atoms with Gasteiger partial charge in [0.15, 0.2) is 0 Å². The minimum Gasteiger partial charge on any atom is -0.355 e. The van der Waals surface area contributed by atoms with Gasteiger partial charge in [-0.3, -0.25) is 4.79 Å². The van der Waals surface area contributed by atoms with E-state index in [9.17, 15) is 4.79 Å². The summed E-state index contributed by atoms with van der Waals surface area (Å²) in [6, 6.07) is 4.51. The molecule has 0 aliphatic carbocycles. The number of rotatable bonds is 3. The van der Waals surface area contributed by atoms with E-state index in [0.29, 0.717) is 6.04 Å². The highest BCUT2D eigenvalue weighted by Gasteiger charge is 2.17. The summed E-state index contributed by atoms with van der Waals surface area (Å²) in [6.45, 7) is 7.20. The molecule has 2 heterocycles. The van der Waals surface area contributed by atoms with Crippen LogP contribution in [0.25, 0.3) is 0 Å². The fourth-order valence-electron chi connectivity index (χ4n) is 2.47. The number of amides is 1. The van der Waals surface area contributed by atoms with E-state index in [1.165, 1.54) is 5.56 Å². The first-order chi connectivity index (χ1) is 9.61. The van der Waals surface area contributed by atoms with E-state index in [2.05, 4.69) is 34.3 Å². The summed E-state index contributed by atoms with van der Waals surface area (Å²) in [5.74, 6) is 1.17. The van der Waals surface area contributed by atoms with Gasteiger partial charge >= 0.3 is 0 Å². The summed E-state index contributed by atoms with van der Waals surface area (Å²) >= 11 is 0. The average molecular weight is 276 g/mol. The van der Waals surface area contributed by atoms with Crippen LogP contribution in [0.2, 0.25) is 0 Å². The maximum absolute atomic E-state index is 11.4. The van der Waals surface area contributed by atoms with Gasteiger partial charge in [0.2, 0.25) is 5.91 Å². The number of nitrogens with zero attached hydrogens (tertiary/aromatic N) is 3. The van der Waals surface area contributed by atoms with E-state index in [1.54, 1.807) is 6.92 Å². The first-order valence-electron chi connectivity index (χ1n) is 7.25. The van der Waals surface area contributed by atoms with Crippen molar-refractivity contribution in [3.8, 4) is 0 Å². The summed E-state index contributed by atoms with van der Waals surface area (Å²) in [6.07, 6.45) is 2.93. The van der Waals surface area contributed by atoms with Crippen molar-refractivity contribution in [3.63, 3.8) is 0 Å².